The van der Waals surface area contributed by atoms with E-state index in [0.29, 0.717) is 18.2 Å². The summed E-state index contributed by atoms with van der Waals surface area (Å²) in [6, 6.07) is 20.2. The maximum atomic E-state index is 13.2. The Balaban J connectivity index is 2.47. The molecule has 0 N–H and O–H groups in total. The Morgan fingerprint density at radius 3 is 1.86 bits per heavy atom. The second-order valence-corrected chi connectivity index (χ2v) is 9.76. The summed E-state index contributed by atoms with van der Waals surface area (Å²) in [6.07, 6.45) is 1.97. The Morgan fingerprint density at radius 1 is 1.00 bits per heavy atom. The Labute approximate surface area is 133 Å². The first-order chi connectivity index (χ1) is 10.6. The molecular weight excluding hydrogens is 288 g/mol. The van der Waals surface area contributed by atoms with Gasteiger partial charge in [-0.1, -0.05) is 74.1 Å². The monoisotopic (exact) mass is 310 g/mol. The minimum atomic E-state index is -2.47. The van der Waals surface area contributed by atoms with Crippen LogP contribution in [-0.4, -0.2) is 19.8 Å². The molecule has 0 spiro atoms. The normalized spacial score (nSPS) is 12.6. The third-order valence-corrected chi connectivity index (χ3v) is 8.81. The predicted octanol–water partition coefficient (Wildman–Crippen LogP) is 2.60. The molecule has 0 bridgehead atoms. The van der Waals surface area contributed by atoms with Crippen molar-refractivity contribution < 1.29 is 9.59 Å². The van der Waals surface area contributed by atoms with Crippen molar-refractivity contribution in [2.75, 3.05) is 0 Å². The second kappa shape index (κ2) is 7.32. The summed E-state index contributed by atoms with van der Waals surface area (Å²) in [5, 5.41) is 2.56. The fourth-order valence-corrected chi connectivity index (χ4v) is 6.69. The maximum absolute atomic E-state index is 13.2. The van der Waals surface area contributed by atoms with Gasteiger partial charge in [0.25, 0.3) is 0 Å². The molecule has 2 aromatic carbocycles. The smallest absolute Gasteiger partial charge is 0.190 e. The van der Waals surface area contributed by atoms with Crippen LogP contribution >= 0.6 is 0 Å². The first-order valence-corrected chi connectivity index (χ1v) is 10.2. The Hall–Kier alpha value is -2.00. The molecule has 1 unspecified atom stereocenters. The van der Waals surface area contributed by atoms with Crippen LogP contribution in [-0.2, 0) is 9.59 Å². The molecule has 0 aliphatic rings. The minimum Gasteiger partial charge on any atom is -0.304 e. The molecule has 0 aliphatic carbocycles. The number of hydrogen-bond donors (Lipinski definition) is 0. The highest BCUT2D eigenvalue weighted by molar-refractivity contribution is 7.22. The lowest BCUT2D eigenvalue weighted by Crippen LogP contribution is -2.63. The van der Waals surface area contributed by atoms with E-state index >= 15 is 0 Å². The van der Waals surface area contributed by atoms with Crippen molar-refractivity contribution in [1.82, 2.24) is 0 Å². The van der Waals surface area contributed by atoms with Crippen molar-refractivity contribution >= 4 is 30.1 Å². The van der Waals surface area contributed by atoms with Crippen LogP contribution in [0.4, 0.5) is 0 Å². The average Bonchev–Trinajstić information content (AvgIpc) is 2.59. The molecule has 0 fully saturated rings. The molecule has 22 heavy (non-hydrogen) atoms. The quantitative estimate of drug-likeness (QED) is 0.582. The lowest BCUT2D eigenvalue weighted by atomic mass is 10.1. The van der Waals surface area contributed by atoms with Crippen LogP contribution in [0.25, 0.3) is 0 Å². The van der Waals surface area contributed by atoms with E-state index in [4.69, 9.17) is 0 Å². The number of rotatable bonds is 7. The molecule has 0 heterocycles. The van der Waals surface area contributed by atoms with E-state index in [1.54, 1.807) is 0 Å². The molecule has 0 radical (unpaired) electrons. The van der Waals surface area contributed by atoms with E-state index in [9.17, 15) is 9.59 Å². The highest BCUT2D eigenvalue weighted by Gasteiger charge is 2.41. The fourth-order valence-electron chi connectivity index (χ4n) is 2.94. The summed E-state index contributed by atoms with van der Waals surface area (Å²) in [7, 11) is -2.47. The SMILES string of the molecule is CC(CCC=O)C(=O)[Si](C)(c1ccccc1)c1ccccc1. The van der Waals surface area contributed by atoms with Gasteiger partial charge in [-0.25, -0.2) is 0 Å². The van der Waals surface area contributed by atoms with Gasteiger partial charge in [-0.3, -0.25) is 0 Å². The van der Waals surface area contributed by atoms with E-state index in [1.807, 2.05) is 43.3 Å². The zero-order valence-electron chi connectivity index (χ0n) is 13.2. The highest BCUT2D eigenvalue weighted by Crippen LogP contribution is 2.16. The average molecular weight is 310 g/mol. The van der Waals surface area contributed by atoms with E-state index in [2.05, 4.69) is 30.8 Å². The number of hydrogen-bond acceptors (Lipinski definition) is 2. The maximum Gasteiger partial charge on any atom is 0.190 e. The number of aldehydes is 1. The van der Waals surface area contributed by atoms with Gasteiger partial charge in [0, 0.05) is 12.3 Å². The van der Waals surface area contributed by atoms with Crippen LogP contribution in [0.2, 0.25) is 6.55 Å². The number of carbonyl (C=O) groups excluding carboxylic acids is 2. The first-order valence-electron chi connectivity index (χ1n) is 7.69. The standard InChI is InChI=1S/C19H22O2Si/c1-16(10-9-15-20)19(21)22(2,17-11-5-3-6-12-17)18-13-7-4-8-14-18/h3-8,11-16H,9-10H2,1-2H3. The second-order valence-electron chi connectivity index (χ2n) is 5.87. The third-order valence-electron chi connectivity index (χ3n) is 4.36. The summed E-state index contributed by atoms with van der Waals surface area (Å²) in [5.41, 5.74) is 0. The minimum absolute atomic E-state index is 0.0951. The summed E-state index contributed by atoms with van der Waals surface area (Å²) in [5.74, 6) is -0.0951. The van der Waals surface area contributed by atoms with E-state index in [-0.39, 0.29) is 5.92 Å². The van der Waals surface area contributed by atoms with Gasteiger partial charge < -0.3 is 9.59 Å². The zero-order valence-corrected chi connectivity index (χ0v) is 14.2. The van der Waals surface area contributed by atoms with Crippen molar-refractivity contribution in [1.29, 1.82) is 0 Å². The van der Waals surface area contributed by atoms with E-state index in [1.165, 1.54) is 0 Å². The lowest BCUT2D eigenvalue weighted by Gasteiger charge is -2.29. The first kappa shape index (κ1) is 16.4. The Kier molecular flexibility index (Phi) is 5.44. The molecule has 0 saturated carbocycles. The van der Waals surface area contributed by atoms with Gasteiger partial charge in [0.05, 0.1) is 0 Å². The zero-order chi connectivity index (χ0) is 16.0. The van der Waals surface area contributed by atoms with E-state index in [0.717, 1.165) is 16.7 Å². The van der Waals surface area contributed by atoms with Crippen LogP contribution in [0, 0.1) is 5.92 Å². The largest absolute Gasteiger partial charge is 0.304 e. The van der Waals surface area contributed by atoms with Crippen LogP contribution in [0.5, 0.6) is 0 Å². The van der Waals surface area contributed by atoms with Gasteiger partial charge >= 0.3 is 0 Å². The summed E-state index contributed by atoms with van der Waals surface area (Å²) < 4.78 is 0. The van der Waals surface area contributed by atoms with Crippen molar-refractivity contribution in [3.63, 3.8) is 0 Å². The third kappa shape index (κ3) is 3.25. The molecule has 1 atom stereocenters. The van der Waals surface area contributed by atoms with Gasteiger partial charge in [0.2, 0.25) is 0 Å². The number of benzene rings is 2. The van der Waals surface area contributed by atoms with Crippen LogP contribution in [0.3, 0.4) is 0 Å². The molecule has 114 valence electrons. The Bertz CT molecular complexity index is 583. The molecule has 0 amide bonds. The fraction of sp³-hybridized carbons (Fsp3) is 0.263. The molecular formula is C19H22O2Si. The molecule has 0 saturated heterocycles. The summed E-state index contributed by atoms with van der Waals surface area (Å²) in [6.45, 7) is 4.07. The molecule has 2 nitrogen and oxygen atoms in total. The van der Waals surface area contributed by atoms with Gasteiger partial charge in [0.15, 0.2) is 8.07 Å². The van der Waals surface area contributed by atoms with Crippen LogP contribution in [0.1, 0.15) is 19.8 Å². The van der Waals surface area contributed by atoms with Gasteiger partial charge in [-0.2, -0.15) is 0 Å². The highest BCUT2D eigenvalue weighted by atomic mass is 28.3. The number of carbonyl (C=O) groups is 2. The summed E-state index contributed by atoms with van der Waals surface area (Å²) in [4.78, 5) is 23.8. The topological polar surface area (TPSA) is 34.1 Å². The van der Waals surface area contributed by atoms with Crippen LogP contribution in [0.15, 0.2) is 60.7 Å². The predicted molar refractivity (Wildman–Crippen MR) is 93.2 cm³/mol. The lowest BCUT2D eigenvalue weighted by molar-refractivity contribution is -0.115. The Morgan fingerprint density at radius 2 is 1.45 bits per heavy atom. The van der Waals surface area contributed by atoms with Crippen molar-refractivity contribution in [3.05, 3.63) is 60.7 Å². The molecule has 3 heteroatoms. The van der Waals surface area contributed by atoms with Crippen molar-refractivity contribution in [2.45, 2.75) is 26.3 Å². The van der Waals surface area contributed by atoms with Crippen molar-refractivity contribution in [2.24, 2.45) is 5.92 Å². The van der Waals surface area contributed by atoms with Crippen molar-refractivity contribution in [3.8, 4) is 0 Å². The summed E-state index contributed by atoms with van der Waals surface area (Å²) >= 11 is 0. The molecule has 0 aliphatic heterocycles. The molecule has 2 rings (SSSR count). The molecule has 0 aromatic heterocycles. The van der Waals surface area contributed by atoms with Gasteiger partial charge in [0.1, 0.15) is 11.7 Å². The van der Waals surface area contributed by atoms with Gasteiger partial charge in [-0.15, -0.1) is 0 Å². The van der Waals surface area contributed by atoms with Gasteiger partial charge in [-0.05, 0) is 16.8 Å². The van der Waals surface area contributed by atoms with Crippen LogP contribution < -0.4 is 10.4 Å². The molecule has 2 aromatic rings. The van der Waals surface area contributed by atoms with E-state index < -0.39 is 8.07 Å².